The van der Waals surface area contributed by atoms with Crippen LogP contribution in [0.5, 0.6) is 11.5 Å². The number of carbonyl (C=O) groups is 1. The van der Waals surface area contributed by atoms with Crippen LogP contribution in [0.2, 0.25) is 0 Å². The summed E-state index contributed by atoms with van der Waals surface area (Å²) in [5.41, 5.74) is 1.60. The number of aromatic nitrogens is 2. The molecule has 9 nitrogen and oxygen atoms in total. The van der Waals surface area contributed by atoms with Crippen LogP contribution in [0.3, 0.4) is 0 Å². The summed E-state index contributed by atoms with van der Waals surface area (Å²) in [5.74, 6) is 0.605. The lowest BCUT2D eigenvalue weighted by Crippen LogP contribution is -2.50. The monoisotopic (exact) mass is 488 g/mol. The molecule has 174 valence electrons. The molecule has 33 heavy (non-hydrogen) atoms. The van der Waals surface area contributed by atoms with Crippen molar-refractivity contribution in [3.8, 4) is 22.1 Å². The Kier molecular flexibility index (Phi) is 6.91. The molecule has 4 rings (SSSR count). The molecule has 1 aliphatic heterocycles. The van der Waals surface area contributed by atoms with Crippen molar-refractivity contribution >= 4 is 27.3 Å². The largest absolute Gasteiger partial charge is 0.497 e. The van der Waals surface area contributed by atoms with Gasteiger partial charge in [0.05, 0.1) is 26.3 Å². The molecular weight excluding hydrogens is 464 g/mol. The predicted molar refractivity (Wildman–Crippen MR) is 124 cm³/mol. The van der Waals surface area contributed by atoms with E-state index in [0.29, 0.717) is 24.5 Å². The number of hydrogen-bond donors (Lipinski definition) is 0. The van der Waals surface area contributed by atoms with Crippen molar-refractivity contribution in [1.82, 2.24) is 19.2 Å². The first-order valence-corrected chi connectivity index (χ1v) is 12.6. The summed E-state index contributed by atoms with van der Waals surface area (Å²) in [4.78, 5) is 23.2. The summed E-state index contributed by atoms with van der Waals surface area (Å²) in [6.07, 6.45) is 3.61. The molecule has 1 aromatic carbocycles. The molecule has 0 N–H and O–H groups in total. The van der Waals surface area contributed by atoms with Gasteiger partial charge in [0.15, 0.2) is 0 Å². The summed E-state index contributed by atoms with van der Waals surface area (Å²) in [5, 5.41) is 2.68. The highest BCUT2D eigenvalue weighted by molar-refractivity contribution is 7.89. The molecule has 1 fully saturated rings. The van der Waals surface area contributed by atoms with Gasteiger partial charge in [0.1, 0.15) is 21.4 Å². The Labute approximate surface area is 196 Å². The lowest BCUT2D eigenvalue weighted by Gasteiger charge is -2.34. The molecule has 1 aliphatic rings. The molecule has 0 aliphatic carbocycles. The first-order chi connectivity index (χ1) is 15.9. The van der Waals surface area contributed by atoms with Gasteiger partial charge < -0.3 is 14.4 Å². The minimum absolute atomic E-state index is 0.0505. The van der Waals surface area contributed by atoms with E-state index in [4.69, 9.17) is 9.47 Å². The van der Waals surface area contributed by atoms with Gasteiger partial charge in [-0.15, -0.1) is 11.3 Å². The number of piperazine rings is 1. The van der Waals surface area contributed by atoms with Crippen LogP contribution in [0.25, 0.3) is 10.6 Å². The Morgan fingerprint density at radius 2 is 1.91 bits per heavy atom. The molecule has 1 amide bonds. The first-order valence-electron chi connectivity index (χ1n) is 10.3. The number of nitrogens with zero attached hydrogens (tertiary/aromatic N) is 4. The zero-order valence-corrected chi connectivity index (χ0v) is 19.9. The molecule has 1 saturated heterocycles. The van der Waals surface area contributed by atoms with E-state index < -0.39 is 10.0 Å². The second kappa shape index (κ2) is 9.86. The minimum Gasteiger partial charge on any atom is -0.497 e. The van der Waals surface area contributed by atoms with E-state index in [1.165, 1.54) is 35.9 Å². The fourth-order valence-electron chi connectivity index (χ4n) is 3.58. The van der Waals surface area contributed by atoms with Gasteiger partial charge in [-0.1, -0.05) is 0 Å². The van der Waals surface area contributed by atoms with Crippen LogP contribution >= 0.6 is 11.3 Å². The van der Waals surface area contributed by atoms with Gasteiger partial charge in [0.2, 0.25) is 15.9 Å². The highest BCUT2D eigenvalue weighted by Gasteiger charge is 2.32. The third-order valence-corrected chi connectivity index (χ3v) is 8.23. The molecule has 0 atom stereocenters. The number of amides is 1. The van der Waals surface area contributed by atoms with Crippen LogP contribution in [-0.4, -0.2) is 73.9 Å². The maximum Gasteiger partial charge on any atom is 0.247 e. The fourth-order valence-corrected chi connectivity index (χ4v) is 5.98. The average molecular weight is 489 g/mol. The van der Waals surface area contributed by atoms with Crippen molar-refractivity contribution in [2.45, 2.75) is 11.3 Å². The molecular formula is C22H24N4O5S2. The highest BCUT2D eigenvalue weighted by Crippen LogP contribution is 2.31. The average Bonchev–Trinajstić information content (AvgIpc) is 3.32. The molecule has 0 bridgehead atoms. The third kappa shape index (κ3) is 5.00. The minimum atomic E-state index is -3.80. The summed E-state index contributed by atoms with van der Waals surface area (Å²) in [7, 11) is -0.896. The fraction of sp³-hybridized carbons (Fsp3) is 0.318. The number of benzene rings is 1. The topological polar surface area (TPSA) is 102 Å². The summed E-state index contributed by atoms with van der Waals surface area (Å²) in [6, 6.07) is 8.43. The zero-order valence-electron chi connectivity index (χ0n) is 18.3. The third-order valence-electron chi connectivity index (χ3n) is 5.37. The van der Waals surface area contributed by atoms with Gasteiger partial charge in [0.25, 0.3) is 0 Å². The van der Waals surface area contributed by atoms with Gasteiger partial charge in [-0.2, -0.15) is 4.31 Å². The van der Waals surface area contributed by atoms with E-state index in [9.17, 15) is 13.2 Å². The highest BCUT2D eigenvalue weighted by atomic mass is 32.2. The quantitative estimate of drug-likeness (QED) is 0.503. The predicted octanol–water partition coefficient (Wildman–Crippen LogP) is 2.30. The van der Waals surface area contributed by atoms with Crippen molar-refractivity contribution in [2.75, 3.05) is 40.4 Å². The van der Waals surface area contributed by atoms with Crippen LogP contribution in [0.1, 0.15) is 5.69 Å². The van der Waals surface area contributed by atoms with Crippen molar-refractivity contribution in [3.63, 3.8) is 0 Å². The Bertz CT molecular complexity index is 1220. The number of methoxy groups -OCH3 is 2. The van der Waals surface area contributed by atoms with Gasteiger partial charge >= 0.3 is 0 Å². The number of pyridine rings is 1. The van der Waals surface area contributed by atoms with Crippen molar-refractivity contribution < 1.29 is 22.7 Å². The Morgan fingerprint density at radius 3 is 2.58 bits per heavy atom. The molecule has 0 unspecified atom stereocenters. The van der Waals surface area contributed by atoms with Crippen molar-refractivity contribution in [1.29, 1.82) is 0 Å². The maximum atomic E-state index is 13.2. The van der Waals surface area contributed by atoms with E-state index in [2.05, 4.69) is 9.97 Å². The van der Waals surface area contributed by atoms with Crippen LogP contribution in [-0.2, 0) is 21.2 Å². The summed E-state index contributed by atoms with van der Waals surface area (Å²) >= 11 is 1.47. The maximum absolute atomic E-state index is 13.2. The van der Waals surface area contributed by atoms with E-state index >= 15 is 0 Å². The van der Waals surface area contributed by atoms with Crippen molar-refractivity contribution in [2.24, 2.45) is 0 Å². The van der Waals surface area contributed by atoms with E-state index in [0.717, 1.165) is 10.6 Å². The number of carbonyl (C=O) groups excluding carboxylic acids is 1. The molecule has 3 heterocycles. The lowest BCUT2D eigenvalue weighted by molar-refractivity contribution is -0.131. The second-order valence-electron chi connectivity index (χ2n) is 7.36. The first kappa shape index (κ1) is 23.1. The van der Waals surface area contributed by atoms with E-state index in [1.54, 1.807) is 29.4 Å². The van der Waals surface area contributed by atoms with Crippen LogP contribution in [0, 0.1) is 0 Å². The Hall–Kier alpha value is -3.02. The molecule has 2 aromatic heterocycles. The molecule has 0 saturated carbocycles. The van der Waals surface area contributed by atoms with E-state index in [-0.39, 0.29) is 36.1 Å². The van der Waals surface area contributed by atoms with E-state index in [1.807, 2.05) is 17.5 Å². The second-order valence-corrected chi connectivity index (χ2v) is 10.1. The van der Waals surface area contributed by atoms with Crippen molar-refractivity contribution in [3.05, 3.63) is 53.8 Å². The number of sulfonamides is 1. The van der Waals surface area contributed by atoms with Gasteiger partial charge in [-0.25, -0.2) is 13.4 Å². The molecule has 11 heteroatoms. The number of thiazole rings is 1. The SMILES string of the molecule is COc1ccc(OC)c(S(=O)(=O)N2CCN(C(=O)Cc3csc(-c4cccnc4)n3)CC2)c1. The number of rotatable bonds is 7. The zero-order chi connectivity index (χ0) is 23.4. The molecule has 0 radical (unpaired) electrons. The van der Waals surface area contributed by atoms with Crippen LogP contribution < -0.4 is 9.47 Å². The summed E-state index contributed by atoms with van der Waals surface area (Å²) < 4.78 is 38.2. The van der Waals surface area contributed by atoms with Gasteiger partial charge in [0, 0.05) is 55.6 Å². The number of hydrogen-bond acceptors (Lipinski definition) is 8. The smallest absolute Gasteiger partial charge is 0.247 e. The van der Waals surface area contributed by atoms with Gasteiger partial charge in [-0.05, 0) is 24.3 Å². The van der Waals surface area contributed by atoms with Crippen LogP contribution in [0.15, 0.2) is 53.0 Å². The Balaban J connectivity index is 1.40. The van der Waals surface area contributed by atoms with Crippen LogP contribution in [0.4, 0.5) is 0 Å². The molecule has 3 aromatic rings. The standard InChI is InChI=1S/C22H24N4O5S2/c1-30-18-5-6-19(31-2)20(13-18)33(28,29)26-10-8-25(9-11-26)21(27)12-17-15-32-22(24-17)16-4-3-7-23-14-16/h3-7,13-15H,8-12H2,1-2H3. The number of ether oxygens (including phenoxy) is 2. The lowest BCUT2D eigenvalue weighted by atomic mass is 10.2. The Morgan fingerprint density at radius 1 is 1.12 bits per heavy atom. The molecule has 0 spiro atoms. The van der Waals surface area contributed by atoms with Gasteiger partial charge in [-0.3, -0.25) is 9.78 Å². The normalized spacial score (nSPS) is 14.8. The summed E-state index contributed by atoms with van der Waals surface area (Å²) in [6.45, 7) is 1.02.